The maximum Gasteiger partial charge on any atom is 0.230 e. The van der Waals surface area contributed by atoms with Crippen molar-refractivity contribution in [1.82, 2.24) is 10.1 Å². The van der Waals surface area contributed by atoms with Crippen LogP contribution in [0.2, 0.25) is 0 Å². The minimum atomic E-state index is 0.329. The summed E-state index contributed by atoms with van der Waals surface area (Å²) in [7, 11) is 0. The number of hydrogen-bond acceptors (Lipinski definition) is 4. The Bertz CT molecular complexity index is 687. The first-order chi connectivity index (χ1) is 9.25. The molecule has 0 unspecified atom stereocenters. The molecule has 0 saturated heterocycles. The van der Waals surface area contributed by atoms with Crippen molar-refractivity contribution in [2.75, 3.05) is 5.73 Å². The van der Waals surface area contributed by atoms with Gasteiger partial charge in [0.15, 0.2) is 0 Å². The quantitative estimate of drug-likeness (QED) is 0.759. The Morgan fingerprint density at radius 1 is 0.947 bits per heavy atom. The summed E-state index contributed by atoms with van der Waals surface area (Å²) >= 11 is 0. The summed E-state index contributed by atoms with van der Waals surface area (Å²) in [5, 5.41) is 4.06. The van der Waals surface area contributed by atoms with Crippen LogP contribution in [0, 0.1) is 6.92 Å². The number of nitrogen functional groups attached to an aromatic ring is 1. The second kappa shape index (κ2) is 4.57. The number of aryl methyl sites for hydroxylation is 1. The molecular formula is C15H13N3O. The fourth-order valence-electron chi connectivity index (χ4n) is 2.01. The van der Waals surface area contributed by atoms with E-state index in [2.05, 4.69) is 10.1 Å². The summed E-state index contributed by atoms with van der Waals surface area (Å²) in [5.41, 5.74) is 10.6. The lowest BCUT2D eigenvalue weighted by molar-refractivity contribution is 0.439. The smallest absolute Gasteiger partial charge is 0.230 e. The van der Waals surface area contributed by atoms with Gasteiger partial charge in [0.25, 0.3) is 0 Å². The van der Waals surface area contributed by atoms with Crippen molar-refractivity contribution < 1.29 is 4.52 Å². The lowest BCUT2D eigenvalue weighted by Crippen LogP contribution is -1.88. The second-order valence-electron chi connectivity index (χ2n) is 4.37. The average Bonchev–Trinajstić information content (AvgIpc) is 2.83. The van der Waals surface area contributed by atoms with Crippen LogP contribution in [-0.2, 0) is 0 Å². The monoisotopic (exact) mass is 251 g/mol. The van der Waals surface area contributed by atoms with Crippen LogP contribution >= 0.6 is 0 Å². The van der Waals surface area contributed by atoms with Gasteiger partial charge in [-0.25, -0.2) is 0 Å². The van der Waals surface area contributed by atoms with Gasteiger partial charge in [-0.15, -0.1) is 0 Å². The molecule has 0 spiro atoms. The van der Waals surface area contributed by atoms with E-state index in [4.69, 9.17) is 10.3 Å². The first-order valence-corrected chi connectivity index (χ1v) is 5.98. The number of anilines is 1. The normalized spacial score (nSPS) is 10.6. The van der Waals surface area contributed by atoms with Crippen LogP contribution in [0.15, 0.2) is 53.3 Å². The number of nitrogens with zero attached hydrogens (tertiary/aromatic N) is 2. The van der Waals surface area contributed by atoms with Gasteiger partial charge >= 0.3 is 0 Å². The van der Waals surface area contributed by atoms with Crippen LogP contribution < -0.4 is 5.73 Å². The molecule has 2 heterocycles. The molecule has 4 nitrogen and oxygen atoms in total. The minimum Gasteiger partial charge on any atom is -0.367 e. The van der Waals surface area contributed by atoms with Crippen molar-refractivity contribution >= 4 is 5.88 Å². The van der Waals surface area contributed by atoms with E-state index in [1.807, 2.05) is 43.3 Å². The molecule has 2 N–H and O–H groups in total. The van der Waals surface area contributed by atoms with Crippen molar-refractivity contribution in [2.45, 2.75) is 6.92 Å². The highest BCUT2D eigenvalue weighted by atomic mass is 16.5. The summed E-state index contributed by atoms with van der Waals surface area (Å²) in [6.07, 6.45) is 3.44. The number of benzene rings is 1. The maximum atomic E-state index is 5.90. The van der Waals surface area contributed by atoms with Gasteiger partial charge in [-0.05, 0) is 24.6 Å². The van der Waals surface area contributed by atoms with Gasteiger partial charge in [-0.3, -0.25) is 4.98 Å². The van der Waals surface area contributed by atoms with E-state index in [9.17, 15) is 0 Å². The predicted octanol–water partition coefficient (Wildman–Crippen LogP) is 3.29. The largest absolute Gasteiger partial charge is 0.367 e. The molecule has 0 aliphatic rings. The van der Waals surface area contributed by atoms with Crippen molar-refractivity contribution in [1.29, 1.82) is 0 Å². The van der Waals surface area contributed by atoms with Crippen LogP contribution in [-0.4, -0.2) is 10.1 Å². The highest BCUT2D eigenvalue weighted by Crippen LogP contribution is 2.35. The topological polar surface area (TPSA) is 64.9 Å². The standard InChI is InChI=1S/C15H13N3O/c1-10-2-4-11(5-3-10)13-14(18-19-15(13)16)12-6-8-17-9-7-12/h2-9H,16H2,1H3. The van der Waals surface area contributed by atoms with E-state index in [-0.39, 0.29) is 0 Å². The van der Waals surface area contributed by atoms with Crippen LogP contribution in [0.4, 0.5) is 5.88 Å². The molecule has 4 heteroatoms. The van der Waals surface area contributed by atoms with E-state index in [1.165, 1.54) is 5.56 Å². The Kier molecular flexibility index (Phi) is 2.76. The third kappa shape index (κ3) is 2.08. The van der Waals surface area contributed by atoms with E-state index in [0.717, 1.165) is 22.4 Å². The Balaban J connectivity index is 2.17. The number of pyridine rings is 1. The molecule has 94 valence electrons. The van der Waals surface area contributed by atoms with Gasteiger partial charge in [0.05, 0.1) is 5.56 Å². The molecule has 0 aliphatic carbocycles. The molecule has 3 rings (SSSR count). The summed E-state index contributed by atoms with van der Waals surface area (Å²) in [4.78, 5) is 4.00. The minimum absolute atomic E-state index is 0.329. The third-order valence-electron chi connectivity index (χ3n) is 3.01. The molecule has 1 aromatic carbocycles. The highest BCUT2D eigenvalue weighted by Gasteiger charge is 2.16. The number of rotatable bonds is 2. The highest BCUT2D eigenvalue weighted by molar-refractivity contribution is 5.86. The Hall–Kier alpha value is -2.62. The number of nitrogens with two attached hydrogens (primary N) is 1. The molecule has 2 aromatic heterocycles. The van der Waals surface area contributed by atoms with Gasteiger partial charge in [0.1, 0.15) is 5.69 Å². The van der Waals surface area contributed by atoms with Crippen molar-refractivity contribution in [3.05, 3.63) is 54.4 Å². The van der Waals surface area contributed by atoms with Crippen molar-refractivity contribution in [2.24, 2.45) is 0 Å². The number of hydrogen-bond donors (Lipinski definition) is 1. The molecule has 0 radical (unpaired) electrons. The van der Waals surface area contributed by atoms with Gasteiger partial charge in [-0.1, -0.05) is 35.0 Å². The summed E-state index contributed by atoms with van der Waals surface area (Å²) in [6, 6.07) is 11.9. The van der Waals surface area contributed by atoms with E-state index < -0.39 is 0 Å². The fourth-order valence-corrected chi connectivity index (χ4v) is 2.01. The molecule has 0 saturated carbocycles. The first-order valence-electron chi connectivity index (χ1n) is 5.98. The van der Waals surface area contributed by atoms with Crippen LogP contribution in [0.1, 0.15) is 5.56 Å². The van der Waals surface area contributed by atoms with E-state index in [0.29, 0.717) is 5.88 Å². The maximum absolute atomic E-state index is 5.90. The van der Waals surface area contributed by atoms with Crippen LogP contribution in [0.25, 0.3) is 22.4 Å². The summed E-state index contributed by atoms with van der Waals surface area (Å²) < 4.78 is 5.14. The van der Waals surface area contributed by atoms with E-state index >= 15 is 0 Å². The number of aromatic nitrogens is 2. The molecular weight excluding hydrogens is 238 g/mol. The fraction of sp³-hybridized carbons (Fsp3) is 0.0667. The summed E-state index contributed by atoms with van der Waals surface area (Å²) in [6.45, 7) is 2.05. The predicted molar refractivity (Wildman–Crippen MR) is 74.3 cm³/mol. The van der Waals surface area contributed by atoms with Crippen molar-refractivity contribution in [3.8, 4) is 22.4 Å². The Morgan fingerprint density at radius 2 is 1.63 bits per heavy atom. The van der Waals surface area contributed by atoms with Gasteiger partial charge < -0.3 is 10.3 Å². The zero-order chi connectivity index (χ0) is 13.2. The lowest BCUT2D eigenvalue weighted by Gasteiger charge is -2.03. The van der Waals surface area contributed by atoms with Crippen LogP contribution in [0.5, 0.6) is 0 Å². The Morgan fingerprint density at radius 3 is 2.32 bits per heavy atom. The third-order valence-corrected chi connectivity index (χ3v) is 3.01. The zero-order valence-electron chi connectivity index (χ0n) is 10.5. The molecule has 0 amide bonds. The molecule has 3 aromatic rings. The molecule has 0 fully saturated rings. The van der Waals surface area contributed by atoms with Gasteiger partial charge in [-0.2, -0.15) is 0 Å². The summed E-state index contributed by atoms with van der Waals surface area (Å²) in [5.74, 6) is 0.329. The van der Waals surface area contributed by atoms with Crippen molar-refractivity contribution in [3.63, 3.8) is 0 Å². The SMILES string of the molecule is Cc1ccc(-c2c(-c3ccncc3)noc2N)cc1. The molecule has 0 atom stereocenters. The average molecular weight is 251 g/mol. The first kappa shape index (κ1) is 11.5. The van der Waals surface area contributed by atoms with Gasteiger partial charge in [0, 0.05) is 18.0 Å². The zero-order valence-corrected chi connectivity index (χ0v) is 10.5. The molecule has 0 bridgehead atoms. The Labute approximate surface area is 110 Å². The molecule has 19 heavy (non-hydrogen) atoms. The van der Waals surface area contributed by atoms with Crippen LogP contribution in [0.3, 0.4) is 0 Å². The van der Waals surface area contributed by atoms with E-state index in [1.54, 1.807) is 12.4 Å². The molecule has 0 aliphatic heterocycles. The second-order valence-corrected chi connectivity index (χ2v) is 4.37. The van der Waals surface area contributed by atoms with Gasteiger partial charge in [0.2, 0.25) is 5.88 Å². The lowest BCUT2D eigenvalue weighted by atomic mass is 10.0.